The molecule has 0 heterocycles. The Bertz CT molecular complexity index is 911. The van der Waals surface area contributed by atoms with Crippen molar-refractivity contribution >= 4 is 17.7 Å². The highest BCUT2D eigenvalue weighted by Crippen LogP contribution is 2.37. The Hall–Kier alpha value is -2.76. The highest BCUT2D eigenvalue weighted by Gasteiger charge is 2.22. The standard InChI is InChI=1S/C23H22O4S/c1-25-16-27-21-14-13-19(17-9-5-3-6-10-17)20(22(21)23(24)26-2)15-28-18-11-7-4-8-12-18/h3-14H,15-16H2,1-2H3. The summed E-state index contributed by atoms with van der Waals surface area (Å²) < 4.78 is 15.8. The Morgan fingerprint density at radius 1 is 0.893 bits per heavy atom. The predicted octanol–water partition coefficient (Wildman–Crippen LogP) is 5.42. The highest BCUT2D eigenvalue weighted by molar-refractivity contribution is 7.98. The molecular weight excluding hydrogens is 372 g/mol. The fraction of sp³-hybridized carbons (Fsp3) is 0.174. The normalized spacial score (nSPS) is 10.5. The number of thioether (sulfide) groups is 1. The largest absolute Gasteiger partial charge is 0.467 e. The van der Waals surface area contributed by atoms with Crippen molar-refractivity contribution in [3.05, 3.63) is 83.9 Å². The Morgan fingerprint density at radius 3 is 2.21 bits per heavy atom. The Balaban J connectivity index is 2.09. The molecule has 0 aliphatic carbocycles. The van der Waals surface area contributed by atoms with Gasteiger partial charge in [-0.25, -0.2) is 4.79 Å². The molecule has 0 saturated carbocycles. The molecule has 0 fully saturated rings. The van der Waals surface area contributed by atoms with Crippen molar-refractivity contribution in [3.8, 4) is 16.9 Å². The van der Waals surface area contributed by atoms with E-state index in [0.29, 0.717) is 17.1 Å². The van der Waals surface area contributed by atoms with Crippen LogP contribution in [0.25, 0.3) is 11.1 Å². The first-order valence-electron chi connectivity index (χ1n) is 8.83. The van der Waals surface area contributed by atoms with Gasteiger partial charge in [0.15, 0.2) is 6.79 Å². The smallest absolute Gasteiger partial charge is 0.341 e. The molecule has 0 bridgehead atoms. The van der Waals surface area contributed by atoms with Gasteiger partial charge in [-0.15, -0.1) is 11.8 Å². The molecule has 0 amide bonds. The second-order valence-corrected chi connectivity index (χ2v) is 7.02. The number of esters is 1. The molecule has 5 heteroatoms. The van der Waals surface area contributed by atoms with Crippen molar-refractivity contribution in [1.29, 1.82) is 0 Å². The average molecular weight is 394 g/mol. The van der Waals surface area contributed by atoms with E-state index < -0.39 is 5.97 Å². The second kappa shape index (κ2) is 9.97. The minimum atomic E-state index is -0.424. The lowest BCUT2D eigenvalue weighted by molar-refractivity contribution is 0.0464. The van der Waals surface area contributed by atoms with Gasteiger partial charge in [0.2, 0.25) is 0 Å². The molecule has 144 valence electrons. The van der Waals surface area contributed by atoms with E-state index in [1.807, 2.05) is 54.6 Å². The number of methoxy groups -OCH3 is 2. The molecule has 0 atom stereocenters. The van der Waals surface area contributed by atoms with Gasteiger partial charge in [0.1, 0.15) is 11.3 Å². The molecule has 3 aromatic rings. The summed E-state index contributed by atoms with van der Waals surface area (Å²) in [6.07, 6.45) is 0. The topological polar surface area (TPSA) is 44.8 Å². The number of hydrogen-bond donors (Lipinski definition) is 0. The zero-order chi connectivity index (χ0) is 19.8. The third-order valence-corrected chi connectivity index (χ3v) is 5.25. The molecule has 0 aromatic heterocycles. The predicted molar refractivity (Wildman–Crippen MR) is 112 cm³/mol. The number of carbonyl (C=O) groups excluding carboxylic acids is 1. The fourth-order valence-electron chi connectivity index (χ4n) is 2.91. The lowest BCUT2D eigenvalue weighted by Gasteiger charge is -2.18. The molecule has 0 aliphatic rings. The molecule has 3 aromatic carbocycles. The van der Waals surface area contributed by atoms with Crippen LogP contribution >= 0.6 is 11.8 Å². The SMILES string of the molecule is COCOc1ccc(-c2ccccc2)c(CSc2ccccc2)c1C(=O)OC. The fourth-order valence-corrected chi connectivity index (χ4v) is 3.87. The van der Waals surface area contributed by atoms with Crippen LogP contribution in [0.2, 0.25) is 0 Å². The number of carbonyl (C=O) groups is 1. The zero-order valence-corrected chi connectivity index (χ0v) is 16.7. The van der Waals surface area contributed by atoms with Gasteiger partial charge in [0.05, 0.1) is 7.11 Å². The van der Waals surface area contributed by atoms with Crippen LogP contribution in [0.1, 0.15) is 15.9 Å². The van der Waals surface area contributed by atoms with E-state index in [0.717, 1.165) is 21.6 Å². The molecule has 0 saturated heterocycles. The molecule has 0 unspecified atom stereocenters. The van der Waals surface area contributed by atoms with Crippen molar-refractivity contribution in [1.82, 2.24) is 0 Å². The minimum absolute atomic E-state index is 0.0555. The van der Waals surface area contributed by atoms with Crippen LogP contribution in [0.15, 0.2) is 77.7 Å². The molecule has 0 N–H and O–H groups in total. The summed E-state index contributed by atoms with van der Waals surface area (Å²) in [6.45, 7) is 0.0555. The summed E-state index contributed by atoms with van der Waals surface area (Å²) in [5.41, 5.74) is 3.33. The Kier molecular flexibility index (Phi) is 7.12. The first-order chi connectivity index (χ1) is 13.7. The first-order valence-corrected chi connectivity index (χ1v) is 9.82. The first kappa shape index (κ1) is 20.0. The van der Waals surface area contributed by atoms with Crippen LogP contribution in [0.4, 0.5) is 0 Å². The minimum Gasteiger partial charge on any atom is -0.467 e. The van der Waals surface area contributed by atoms with Gasteiger partial charge in [-0.3, -0.25) is 0 Å². The van der Waals surface area contributed by atoms with Gasteiger partial charge in [-0.2, -0.15) is 0 Å². The van der Waals surface area contributed by atoms with E-state index in [1.165, 1.54) is 7.11 Å². The summed E-state index contributed by atoms with van der Waals surface area (Å²) in [6, 6.07) is 23.9. The summed E-state index contributed by atoms with van der Waals surface area (Å²) in [5, 5.41) is 0. The van der Waals surface area contributed by atoms with Crippen molar-refractivity contribution in [3.63, 3.8) is 0 Å². The van der Waals surface area contributed by atoms with Gasteiger partial charge in [-0.1, -0.05) is 54.6 Å². The quantitative estimate of drug-likeness (QED) is 0.290. The summed E-state index contributed by atoms with van der Waals surface area (Å²) in [7, 11) is 2.92. The summed E-state index contributed by atoms with van der Waals surface area (Å²) in [4.78, 5) is 13.8. The lowest BCUT2D eigenvalue weighted by atomic mass is 9.95. The maximum Gasteiger partial charge on any atom is 0.341 e. The number of benzene rings is 3. The van der Waals surface area contributed by atoms with Crippen molar-refractivity contribution in [2.45, 2.75) is 10.6 Å². The lowest BCUT2D eigenvalue weighted by Crippen LogP contribution is -2.11. The van der Waals surface area contributed by atoms with Crippen molar-refractivity contribution < 1.29 is 19.0 Å². The van der Waals surface area contributed by atoms with Gasteiger partial charge in [0.25, 0.3) is 0 Å². The molecule has 0 aliphatic heterocycles. The maximum absolute atomic E-state index is 12.7. The Morgan fingerprint density at radius 2 is 1.57 bits per heavy atom. The average Bonchev–Trinajstić information content (AvgIpc) is 2.76. The van der Waals surface area contributed by atoms with E-state index in [1.54, 1.807) is 24.9 Å². The van der Waals surface area contributed by atoms with Crippen LogP contribution in [-0.2, 0) is 15.2 Å². The highest BCUT2D eigenvalue weighted by atomic mass is 32.2. The molecule has 0 radical (unpaired) electrons. The van der Waals surface area contributed by atoms with Crippen LogP contribution < -0.4 is 4.74 Å². The molecule has 28 heavy (non-hydrogen) atoms. The van der Waals surface area contributed by atoms with Gasteiger partial charge >= 0.3 is 5.97 Å². The van der Waals surface area contributed by atoms with Crippen LogP contribution in [-0.4, -0.2) is 27.0 Å². The molecular formula is C23H22O4S. The van der Waals surface area contributed by atoms with Gasteiger partial charge < -0.3 is 14.2 Å². The number of hydrogen-bond acceptors (Lipinski definition) is 5. The second-order valence-electron chi connectivity index (χ2n) is 5.98. The van der Waals surface area contributed by atoms with E-state index in [-0.39, 0.29) is 6.79 Å². The molecule has 4 nitrogen and oxygen atoms in total. The zero-order valence-electron chi connectivity index (χ0n) is 15.9. The third kappa shape index (κ3) is 4.74. The van der Waals surface area contributed by atoms with Gasteiger partial charge in [-0.05, 0) is 34.9 Å². The van der Waals surface area contributed by atoms with E-state index >= 15 is 0 Å². The monoisotopic (exact) mass is 394 g/mol. The van der Waals surface area contributed by atoms with E-state index in [2.05, 4.69) is 12.1 Å². The maximum atomic E-state index is 12.7. The molecule has 3 rings (SSSR count). The van der Waals surface area contributed by atoms with Gasteiger partial charge in [0, 0.05) is 17.8 Å². The van der Waals surface area contributed by atoms with Crippen molar-refractivity contribution in [2.24, 2.45) is 0 Å². The summed E-state index contributed by atoms with van der Waals surface area (Å²) >= 11 is 1.66. The van der Waals surface area contributed by atoms with Crippen molar-refractivity contribution in [2.75, 3.05) is 21.0 Å². The molecule has 0 spiro atoms. The summed E-state index contributed by atoms with van der Waals surface area (Å²) in [5.74, 6) is 0.632. The Labute approximate surface area is 169 Å². The number of rotatable bonds is 8. The van der Waals surface area contributed by atoms with E-state index in [9.17, 15) is 4.79 Å². The van der Waals surface area contributed by atoms with Crippen LogP contribution in [0.3, 0.4) is 0 Å². The van der Waals surface area contributed by atoms with Crippen LogP contribution in [0.5, 0.6) is 5.75 Å². The third-order valence-electron chi connectivity index (χ3n) is 4.21. The van der Waals surface area contributed by atoms with E-state index in [4.69, 9.17) is 14.2 Å². The number of ether oxygens (including phenoxy) is 3. The van der Waals surface area contributed by atoms with Crippen LogP contribution in [0, 0.1) is 0 Å².